The van der Waals surface area contributed by atoms with Crippen molar-refractivity contribution in [2.45, 2.75) is 19.3 Å². The van der Waals surface area contributed by atoms with Crippen molar-refractivity contribution < 1.29 is 8.83 Å². The maximum absolute atomic E-state index is 10.8. The second kappa shape index (κ2) is 11.8. The molecule has 6 heteroatoms. The molecule has 0 saturated heterocycles. The van der Waals surface area contributed by atoms with Crippen LogP contribution >= 0.6 is 0 Å². The zero-order valence-electron chi connectivity index (χ0n) is 30.4. The molecule has 0 amide bonds. The normalized spacial score (nSPS) is 14.0. The maximum Gasteiger partial charge on any atom is 0.145 e. The predicted molar refractivity (Wildman–Crippen MR) is 229 cm³/mol. The van der Waals surface area contributed by atoms with Crippen molar-refractivity contribution in [1.29, 1.82) is 10.5 Å². The predicted octanol–water partition coefficient (Wildman–Crippen LogP) is 12.8. The molecule has 12 rings (SSSR count). The highest BCUT2D eigenvalue weighted by Crippen LogP contribution is 2.45. The van der Waals surface area contributed by atoms with E-state index in [0.717, 1.165) is 110 Å². The standard InChI is InChI=1S/C51H28N4O2/c52-28-31-22-21-30(25-44(31)54-41-17-7-4-15-37(41)50-43(54)24-23-36-34-13-5-9-20-47(34)57-51(36)50)49-32(29-53)11-10-18-42(49)55-40-16-3-1-2-12-33(40)38-27-48-39(26-45(38)55)35-14-6-8-19-46(35)56-48/h2,4-15,17-20,23-27H,1,21-22H2. The van der Waals surface area contributed by atoms with Gasteiger partial charge < -0.3 is 18.0 Å². The molecule has 0 N–H and O–H groups in total. The molecule has 57 heavy (non-hydrogen) atoms. The van der Waals surface area contributed by atoms with Crippen molar-refractivity contribution in [2.24, 2.45) is 0 Å². The van der Waals surface area contributed by atoms with Crippen LogP contribution in [0.3, 0.4) is 0 Å². The number of para-hydroxylation sites is 3. The molecule has 0 bridgehead atoms. The lowest BCUT2D eigenvalue weighted by atomic mass is 9.88. The molecule has 0 aliphatic heterocycles. The van der Waals surface area contributed by atoms with Gasteiger partial charge in [-0.3, -0.25) is 0 Å². The minimum atomic E-state index is 0.520. The Kier molecular flexibility index (Phi) is 6.47. The molecule has 0 spiro atoms. The molecular weight excluding hydrogens is 701 g/mol. The zero-order valence-corrected chi connectivity index (χ0v) is 30.4. The summed E-state index contributed by atoms with van der Waals surface area (Å²) in [5.41, 5.74) is 12.9. The molecule has 0 saturated carbocycles. The Bertz CT molecular complexity index is 3700. The average Bonchev–Trinajstić information content (AvgIpc) is 3.94. The third kappa shape index (κ3) is 4.34. The Morgan fingerprint density at radius 2 is 1.40 bits per heavy atom. The first-order chi connectivity index (χ1) is 28.2. The van der Waals surface area contributed by atoms with Crippen LogP contribution < -0.4 is 0 Å². The topological polar surface area (TPSA) is 83.7 Å². The van der Waals surface area contributed by atoms with Crippen LogP contribution in [0.1, 0.15) is 41.6 Å². The molecule has 6 aromatic carbocycles. The SMILES string of the molecule is N#CC1=C(n2c3ccccc3c3c4oc5ccccc5c4ccc32)C=C(c2c(C#N)cccc2-n2c3c(c4cc5oc6ccccc6c5cc42)C=CCC#C3)CC1. The van der Waals surface area contributed by atoms with Gasteiger partial charge in [0.05, 0.1) is 56.6 Å². The van der Waals surface area contributed by atoms with Gasteiger partial charge in [0, 0.05) is 49.9 Å². The molecule has 0 radical (unpaired) electrons. The molecule has 2 aliphatic rings. The van der Waals surface area contributed by atoms with Crippen molar-refractivity contribution in [2.75, 3.05) is 0 Å². The Labute approximate surface area is 325 Å². The number of nitriles is 2. The lowest BCUT2D eigenvalue weighted by molar-refractivity contribution is 0.669. The largest absolute Gasteiger partial charge is 0.456 e. The van der Waals surface area contributed by atoms with E-state index in [1.165, 1.54) is 0 Å². The fourth-order valence-corrected chi connectivity index (χ4v) is 9.32. The van der Waals surface area contributed by atoms with E-state index < -0.39 is 0 Å². The minimum absolute atomic E-state index is 0.520. The number of furan rings is 2. The smallest absolute Gasteiger partial charge is 0.145 e. The fraction of sp³-hybridized carbons (Fsp3) is 0.0588. The number of hydrogen-bond donors (Lipinski definition) is 0. The summed E-state index contributed by atoms with van der Waals surface area (Å²) in [5.74, 6) is 6.84. The summed E-state index contributed by atoms with van der Waals surface area (Å²) in [5, 5.41) is 28.8. The highest BCUT2D eigenvalue weighted by molar-refractivity contribution is 6.24. The molecule has 2 aliphatic carbocycles. The van der Waals surface area contributed by atoms with Gasteiger partial charge in [-0.2, -0.15) is 10.5 Å². The van der Waals surface area contributed by atoms with Crippen LogP contribution in [0.25, 0.3) is 99.6 Å². The van der Waals surface area contributed by atoms with Gasteiger partial charge in [0.15, 0.2) is 0 Å². The fourth-order valence-electron chi connectivity index (χ4n) is 9.32. The van der Waals surface area contributed by atoms with Crippen LogP contribution in [0.2, 0.25) is 0 Å². The van der Waals surface area contributed by atoms with Crippen LogP contribution in [0, 0.1) is 34.5 Å². The third-order valence-corrected chi connectivity index (χ3v) is 11.8. The lowest BCUT2D eigenvalue weighted by Crippen LogP contribution is -2.08. The first-order valence-corrected chi connectivity index (χ1v) is 19.1. The van der Waals surface area contributed by atoms with Crippen molar-refractivity contribution in [1.82, 2.24) is 9.13 Å². The van der Waals surface area contributed by atoms with Crippen molar-refractivity contribution >= 4 is 93.9 Å². The summed E-state index contributed by atoms with van der Waals surface area (Å²) in [7, 11) is 0. The van der Waals surface area contributed by atoms with Crippen LogP contribution in [0.5, 0.6) is 0 Å². The summed E-state index contributed by atoms with van der Waals surface area (Å²) in [6.07, 6.45) is 8.13. The molecular formula is C51H28N4O2. The van der Waals surface area contributed by atoms with Crippen LogP contribution in [0.4, 0.5) is 0 Å². The zero-order chi connectivity index (χ0) is 37.8. The van der Waals surface area contributed by atoms with E-state index >= 15 is 0 Å². The number of hydrogen-bond acceptors (Lipinski definition) is 4. The molecule has 6 nitrogen and oxygen atoms in total. The van der Waals surface area contributed by atoms with Gasteiger partial charge in [0.25, 0.3) is 0 Å². The molecule has 0 unspecified atom stereocenters. The van der Waals surface area contributed by atoms with Gasteiger partial charge in [-0.1, -0.05) is 78.7 Å². The second-order valence-electron chi connectivity index (χ2n) is 14.7. The number of allylic oxidation sites excluding steroid dienone is 5. The van der Waals surface area contributed by atoms with Crippen molar-refractivity contribution in [3.63, 3.8) is 0 Å². The number of fused-ring (bicyclic) bond motifs is 13. The number of rotatable bonds is 3. The van der Waals surface area contributed by atoms with Gasteiger partial charge in [0.2, 0.25) is 0 Å². The molecule has 4 aromatic heterocycles. The summed E-state index contributed by atoms with van der Waals surface area (Å²) in [6.45, 7) is 0. The Morgan fingerprint density at radius 1 is 0.614 bits per heavy atom. The molecule has 4 heterocycles. The summed E-state index contributed by atoms with van der Waals surface area (Å²) in [4.78, 5) is 0. The van der Waals surface area contributed by atoms with E-state index in [0.29, 0.717) is 30.4 Å². The molecule has 264 valence electrons. The molecule has 0 fully saturated rings. The maximum atomic E-state index is 10.8. The van der Waals surface area contributed by atoms with Crippen LogP contribution in [-0.4, -0.2) is 9.13 Å². The first kappa shape index (κ1) is 31.4. The van der Waals surface area contributed by atoms with Crippen LogP contribution in [0.15, 0.2) is 142 Å². The lowest BCUT2D eigenvalue weighted by Gasteiger charge is -2.23. The number of benzene rings is 6. The molecule has 0 atom stereocenters. The van der Waals surface area contributed by atoms with Crippen LogP contribution in [-0.2, 0) is 0 Å². The highest BCUT2D eigenvalue weighted by Gasteiger charge is 2.27. The van der Waals surface area contributed by atoms with Gasteiger partial charge in [-0.05, 0) is 85.0 Å². The number of aromatic nitrogens is 2. The van der Waals surface area contributed by atoms with Gasteiger partial charge in [-0.15, -0.1) is 0 Å². The van der Waals surface area contributed by atoms with E-state index in [-0.39, 0.29) is 0 Å². The Morgan fingerprint density at radius 3 is 2.25 bits per heavy atom. The van der Waals surface area contributed by atoms with E-state index in [2.05, 4.69) is 106 Å². The summed E-state index contributed by atoms with van der Waals surface area (Å²) < 4.78 is 17.4. The first-order valence-electron chi connectivity index (χ1n) is 19.1. The van der Waals surface area contributed by atoms with E-state index in [1.807, 2.05) is 60.7 Å². The Hall–Kier alpha value is -7.98. The monoisotopic (exact) mass is 728 g/mol. The van der Waals surface area contributed by atoms with Crippen molar-refractivity contribution in [3.8, 4) is 29.7 Å². The summed E-state index contributed by atoms with van der Waals surface area (Å²) >= 11 is 0. The second-order valence-corrected chi connectivity index (χ2v) is 14.7. The third-order valence-electron chi connectivity index (χ3n) is 11.8. The van der Waals surface area contributed by atoms with E-state index in [9.17, 15) is 10.5 Å². The Balaban J connectivity index is 1.14. The van der Waals surface area contributed by atoms with Gasteiger partial charge >= 0.3 is 0 Å². The van der Waals surface area contributed by atoms with Gasteiger partial charge in [-0.25, -0.2) is 0 Å². The quantitative estimate of drug-likeness (QED) is 0.170. The summed E-state index contributed by atoms with van der Waals surface area (Å²) in [6, 6.07) is 44.2. The highest BCUT2D eigenvalue weighted by atomic mass is 16.3. The van der Waals surface area contributed by atoms with E-state index in [4.69, 9.17) is 8.83 Å². The van der Waals surface area contributed by atoms with E-state index in [1.54, 1.807) is 0 Å². The minimum Gasteiger partial charge on any atom is -0.456 e. The molecule has 10 aromatic rings. The number of nitrogens with zero attached hydrogens (tertiary/aromatic N) is 4. The van der Waals surface area contributed by atoms with Gasteiger partial charge in [0.1, 0.15) is 28.0 Å². The van der Waals surface area contributed by atoms with Crippen molar-refractivity contribution in [3.05, 3.63) is 155 Å². The average molecular weight is 729 g/mol.